The molecule has 98 valence electrons. The van der Waals surface area contributed by atoms with Gasteiger partial charge in [-0.3, -0.25) is 0 Å². The maximum Gasteiger partial charge on any atom is 0.335 e. The highest BCUT2D eigenvalue weighted by molar-refractivity contribution is 7.99. The van der Waals surface area contributed by atoms with Gasteiger partial charge in [-0.15, -0.1) is 0 Å². The van der Waals surface area contributed by atoms with Gasteiger partial charge in [0.2, 0.25) is 0 Å². The number of rotatable bonds is 4. The molecule has 0 amide bonds. The Bertz CT molecular complexity index is 430. The molecule has 1 aromatic carbocycles. The van der Waals surface area contributed by atoms with Crippen molar-refractivity contribution in [3.8, 4) is 0 Å². The summed E-state index contributed by atoms with van der Waals surface area (Å²) in [5.41, 5.74) is 1.23. The van der Waals surface area contributed by atoms with Crippen molar-refractivity contribution >= 4 is 29.3 Å². The average molecular weight is 287 g/mol. The lowest BCUT2D eigenvalue weighted by molar-refractivity contribution is 0.0697. The van der Waals surface area contributed by atoms with E-state index >= 15 is 0 Å². The van der Waals surface area contributed by atoms with Gasteiger partial charge in [0.1, 0.15) is 0 Å². The van der Waals surface area contributed by atoms with Crippen LogP contribution in [0.4, 0.5) is 0 Å². The highest BCUT2D eigenvalue weighted by atomic mass is 35.5. The number of ether oxygens (including phenoxy) is 1. The minimum Gasteiger partial charge on any atom is -0.478 e. The molecule has 1 fully saturated rings. The van der Waals surface area contributed by atoms with Crippen LogP contribution in [0.2, 0.25) is 5.02 Å². The van der Waals surface area contributed by atoms with Crippen LogP contribution >= 0.6 is 23.4 Å². The summed E-state index contributed by atoms with van der Waals surface area (Å²) < 4.78 is 5.31. The fourth-order valence-electron chi connectivity index (χ4n) is 1.85. The molecule has 0 radical (unpaired) electrons. The van der Waals surface area contributed by atoms with Gasteiger partial charge in [0.25, 0.3) is 0 Å². The van der Waals surface area contributed by atoms with E-state index in [1.165, 1.54) is 6.07 Å². The lowest BCUT2D eigenvalue weighted by Crippen LogP contribution is -2.17. The first kappa shape index (κ1) is 13.7. The summed E-state index contributed by atoms with van der Waals surface area (Å²) >= 11 is 7.96. The van der Waals surface area contributed by atoms with Gasteiger partial charge in [-0.2, -0.15) is 11.8 Å². The minimum atomic E-state index is -0.944. The average Bonchev–Trinajstić information content (AvgIpc) is 2.38. The third-order valence-corrected chi connectivity index (χ3v) is 4.72. The molecule has 1 saturated heterocycles. The van der Waals surface area contributed by atoms with Crippen molar-refractivity contribution in [1.82, 2.24) is 0 Å². The molecule has 0 atom stereocenters. The van der Waals surface area contributed by atoms with E-state index in [1.54, 1.807) is 12.1 Å². The van der Waals surface area contributed by atoms with Gasteiger partial charge in [-0.05, 0) is 30.5 Å². The van der Waals surface area contributed by atoms with E-state index in [4.69, 9.17) is 21.4 Å². The molecule has 0 aliphatic carbocycles. The van der Waals surface area contributed by atoms with E-state index in [0.717, 1.165) is 37.4 Å². The van der Waals surface area contributed by atoms with Gasteiger partial charge in [-0.1, -0.05) is 17.7 Å². The van der Waals surface area contributed by atoms with Crippen LogP contribution in [0, 0.1) is 0 Å². The normalized spacial score (nSPS) is 16.7. The molecule has 1 aliphatic rings. The summed E-state index contributed by atoms with van der Waals surface area (Å²) in [6.07, 6.45) is 2.16. The monoisotopic (exact) mass is 286 g/mol. The van der Waals surface area contributed by atoms with Gasteiger partial charge in [0.15, 0.2) is 0 Å². The molecule has 18 heavy (non-hydrogen) atoms. The molecule has 0 saturated carbocycles. The first-order valence-corrected chi connectivity index (χ1v) is 7.30. The molecular formula is C13H15ClO3S. The third kappa shape index (κ3) is 3.64. The zero-order valence-corrected chi connectivity index (χ0v) is 11.5. The molecule has 2 rings (SSSR count). The zero-order valence-electron chi connectivity index (χ0n) is 9.89. The molecule has 0 bridgehead atoms. The molecule has 1 aliphatic heterocycles. The third-order valence-electron chi connectivity index (χ3n) is 2.94. The Balaban J connectivity index is 1.94. The quantitative estimate of drug-likeness (QED) is 0.921. The Morgan fingerprint density at radius 1 is 1.44 bits per heavy atom. The molecule has 3 nitrogen and oxygen atoms in total. The fourth-order valence-corrected chi connectivity index (χ4v) is 3.37. The number of hydrogen-bond donors (Lipinski definition) is 1. The van der Waals surface area contributed by atoms with E-state index in [2.05, 4.69) is 0 Å². The summed E-state index contributed by atoms with van der Waals surface area (Å²) in [7, 11) is 0. The van der Waals surface area contributed by atoms with Crippen LogP contribution in [-0.2, 0) is 10.5 Å². The summed E-state index contributed by atoms with van der Waals surface area (Å²) in [4.78, 5) is 10.8. The van der Waals surface area contributed by atoms with Crippen LogP contribution in [-0.4, -0.2) is 29.5 Å². The first-order chi connectivity index (χ1) is 8.66. The number of carboxylic acid groups (broad SMARTS) is 1. The summed E-state index contributed by atoms with van der Waals surface area (Å²) in [5, 5.41) is 10.0. The van der Waals surface area contributed by atoms with Crippen LogP contribution in [0.15, 0.2) is 18.2 Å². The Morgan fingerprint density at radius 3 is 2.78 bits per heavy atom. The molecule has 1 aromatic rings. The summed E-state index contributed by atoms with van der Waals surface area (Å²) in [5.74, 6) is -0.121. The van der Waals surface area contributed by atoms with Crippen molar-refractivity contribution in [1.29, 1.82) is 0 Å². The van der Waals surface area contributed by atoms with E-state index < -0.39 is 5.97 Å². The summed E-state index contributed by atoms with van der Waals surface area (Å²) in [6, 6.07) is 4.93. The van der Waals surface area contributed by atoms with Crippen molar-refractivity contribution in [2.45, 2.75) is 23.8 Å². The fraction of sp³-hybridized carbons (Fsp3) is 0.462. The van der Waals surface area contributed by atoms with Crippen LogP contribution in [0.1, 0.15) is 28.8 Å². The second-order valence-corrected chi connectivity index (χ2v) is 5.93. The van der Waals surface area contributed by atoms with E-state index in [9.17, 15) is 4.79 Å². The van der Waals surface area contributed by atoms with E-state index in [0.29, 0.717) is 10.3 Å². The molecule has 1 heterocycles. The number of aromatic carboxylic acids is 1. The first-order valence-electron chi connectivity index (χ1n) is 5.88. The predicted molar refractivity (Wildman–Crippen MR) is 73.5 cm³/mol. The Kier molecular flexibility index (Phi) is 4.92. The van der Waals surface area contributed by atoms with Gasteiger partial charge >= 0.3 is 5.97 Å². The number of thioether (sulfide) groups is 1. The number of benzene rings is 1. The lowest BCUT2D eigenvalue weighted by atomic mass is 10.1. The van der Waals surface area contributed by atoms with Crippen LogP contribution in [0.5, 0.6) is 0 Å². The second-order valence-electron chi connectivity index (χ2n) is 4.23. The maximum atomic E-state index is 10.8. The zero-order chi connectivity index (χ0) is 13.0. The highest BCUT2D eigenvalue weighted by Crippen LogP contribution is 2.29. The van der Waals surface area contributed by atoms with Gasteiger partial charge < -0.3 is 9.84 Å². The van der Waals surface area contributed by atoms with Crippen LogP contribution < -0.4 is 0 Å². The smallest absolute Gasteiger partial charge is 0.335 e. The number of carbonyl (C=O) groups is 1. The number of halogens is 1. The molecule has 0 aromatic heterocycles. The maximum absolute atomic E-state index is 10.8. The van der Waals surface area contributed by atoms with E-state index in [1.807, 2.05) is 11.8 Å². The Morgan fingerprint density at radius 2 is 2.17 bits per heavy atom. The lowest BCUT2D eigenvalue weighted by Gasteiger charge is -2.21. The van der Waals surface area contributed by atoms with E-state index in [-0.39, 0.29) is 5.56 Å². The van der Waals surface area contributed by atoms with Crippen LogP contribution in [0.3, 0.4) is 0 Å². The van der Waals surface area contributed by atoms with Crippen LogP contribution in [0.25, 0.3) is 0 Å². The van der Waals surface area contributed by atoms with Gasteiger partial charge in [-0.25, -0.2) is 4.79 Å². The number of carboxylic acids is 1. The SMILES string of the molecule is O=C(O)c1ccc(CSC2CCOCC2)c(Cl)c1. The van der Waals surface area contributed by atoms with Gasteiger partial charge in [0, 0.05) is 29.2 Å². The molecule has 1 N–H and O–H groups in total. The standard InChI is InChI=1S/C13H15ClO3S/c14-12-7-9(13(15)16)1-2-10(12)8-18-11-3-5-17-6-4-11/h1-2,7,11H,3-6,8H2,(H,15,16). The largest absolute Gasteiger partial charge is 0.478 e. The van der Waals surface area contributed by atoms with Crippen molar-refractivity contribution in [3.05, 3.63) is 34.3 Å². The van der Waals surface area contributed by atoms with Crippen molar-refractivity contribution in [3.63, 3.8) is 0 Å². The van der Waals surface area contributed by atoms with Crippen molar-refractivity contribution in [2.24, 2.45) is 0 Å². The molecule has 0 unspecified atom stereocenters. The predicted octanol–water partition coefficient (Wildman–Crippen LogP) is 3.45. The number of hydrogen-bond acceptors (Lipinski definition) is 3. The minimum absolute atomic E-state index is 0.236. The highest BCUT2D eigenvalue weighted by Gasteiger charge is 2.15. The van der Waals surface area contributed by atoms with Crippen molar-refractivity contribution in [2.75, 3.05) is 13.2 Å². The van der Waals surface area contributed by atoms with Gasteiger partial charge in [0.05, 0.1) is 5.56 Å². The van der Waals surface area contributed by atoms with Crippen molar-refractivity contribution < 1.29 is 14.6 Å². The Labute approximate surface area is 115 Å². The second kappa shape index (κ2) is 6.45. The Hall–Kier alpha value is -0.710. The molecular weight excluding hydrogens is 272 g/mol. The summed E-state index contributed by atoms with van der Waals surface area (Å²) in [6.45, 7) is 1.67. The molecule has 0 spiro atoms. The molecule has 5 heteroatoms. The topological polar surface area (TPSA) is 46.5 Å².